The zero-order valence-corrected chi connectivity index (χ0v) is 51.8. The molecule has 4 aromatic heterocycles. The van der Waals surface area contributed by atoms with E-state index in [2.05, 4.69) is 131 Å². The Morgan fingerprint density at radius 3 is 1.16 bits per heavy atom. The van der Waals surface area contributed by atoms with E-state index in [4.69, 9.17) is 24.1 Å². The van der Waals surface area contributed by atoms with E-state index in [1.54, 1.807) is 28.1 Å². The fraction of sp³-hybridized carbons (Fsp3) is 0.304. The Morgan fingerprint density at radius 2 is 0.922 bits per heavy atom. The summed E-state index contributed by atoms with van der Waals surface area (Å²) in [4.78, 5) is 31.3. The summed E-state index contributed by atoms with van der Waals surface area (Å²) in [5.41, 5.74) is 1.88. The molecule has 0 bridgehead atoms. The Balaban J connectivity index is -0.0000000732. The molecule has 0 atom stereocenters. The van der Waals surface area contributed by atoms with Crippen LogP contribution >= 0.6 is 105 Å². The van der Waals surface area contributed by atoms with Gasteiger partial charge in [-0.3, -0.25) is 14.7 Å². The predicted octanol–water partition coefficient (Wildman–Crippen LogP) is 4.96. The van der Waals surface area contributed by atoms with Crippen molar-refractivity contribution in [3.8, 4) is 23.5 Å². The van der Waals surface area contributed by atoms with E-state index < -0.39 is 0 Å². The van der Waals surface area contributed by atoms with Crippen LogP contribution in [0.2, 0.25) is 0 Å². The number of carbonyl (C=O) groups excluding carboxylic acids is 1. The van der Waals surface area contributed by atoms with E-state index in [9.17, 15) is 4.79 Å². The second kappa shape index (κ2) is 51.9. The monoisotopic (exact) mass is 1990 g/mol. The van der Waals surface area contributed by atoms with Crippen molar-refractivity contribution in [3.05, 3.63) is 65.4 Å². The summed E-state index contributed by atoms with van der Waals surface area (Å²) >= 11 is 11.2. The Bertz CT molecular complexity index is 1260. The number of aliphatic hydroxyl groups excluding tert-OH is 1. The molecule has 0 amide bonds. The average Bonchev–Trinajstić information content (AvgIpc) is 3.11. The number of rotatable bonds is 6. The van der Waals surface area contributed by atoms with E-state index in [1.165, 1.54) is 39.5 Å². The van der Waals surface area contributed by atoms with Gasteiger partial charge in [-0.2, -0.15) is 19.9 Å². The third-order valence-corrected chi connectivity index (χ3v) is 3.79. The minimum absolute atomic E-state index is 0. The topological polar surface area (TPSA) is 229 Å². The summed E-state index contributed by atoms with van der Waals surface area (Å²) in [6, 6.07) is 0. The third-order valence-electron chi connectivity index (χ3n) is 3.79. The Labute approximate surface area is 420 Å². The zero-order valence-electron chi connectivity index (χ0n) is 27.8. The Morgan fingerprint density at radius 1 is 0.627 bits per heavy atom. The molecule has 4 aromatic rings. The summed E-state index contributed by atoms with van der Waals surface area (Å²) in [5, 5.41) is 37.1. The number of aryl methyl sites for hydroxylation is 2. The minimum atomic E-state index is -0.278. The van der Waals surface area contributed by atoms with Crippen molar-refractivity contribution < 1.29 is 118 Å². The molecule has 1 N–H and O–H groups in total. The van der Waals surface area contributed by atoms with Crippen molar-refractivity contribution >= 4 is 111 Å². The van der Waals surface area contributed by atoms with Crippen LogP contribution in [0.4, 0.5) is 0 Å². The molecule has 4 heterocycles. The van der Waals surface area contributed by atoms with Gasteiger partial charge in [-0.1, -0.05) is 0 Å². The molecule has 0 aliphatic carbocycles. The van der Waals surface area contributed by atoms with Crippen molar-refractivity contribution in [2.75, 3.05) is 28.4 Å². The molecule has 28 heteroatoms. The van der Waals surface area contributed by atoms with E-state index in [0.717, 1.165) is 0 Å². The largest absolute Gasteiger partial charge is 0 e. The van der Waals surface area contributed by atoms with Crippen molar-refractivity contribution in [1.29, 1.82) is 0 Å². The Kier molecular flexibility index (Phi) is 71.8. The second-order valence-corrected chi connectivity index (χ2v) is 41.7. The van der Waals surface area contributed by atoms with Crippen molar-refractivity contribution in [3.63, 3.8) is 0 Å². The molecule has 0 radical (unpaired) electrons. The molecule has 51 heavy (non-hydrogen) atoms. The molecule has 4 rings (SSSR count). The van der Waals surface area contributed by atoms with E-state index in [1.807, 2.05) is 45.2 Å². The second-order valence-electron chi connectivity index (χ2n) is 6.35. The number of nitrogens with zero attached hydrogens (tertiary/aromatic N) is 12. The van der Waals surface area contributed by atoms with Crippen LogP contribution in [-0.4, -0.2) is 101 Å². The minimum Gasteiger partial charge on any atom is 0 e. The molecule has 18 nitrogen and oxygen atoms in total. The van der Waals surface area contributed by atoms with Gasteiger partial charge < -0.3 is 76.7 Å². The maximum atomic E-state index is 10.2. The van der Waals surface area contributed by atoms with Gasteiger partial charge in [0.05, 0.1) is 35.0 Å². The number of halogens is 5. The average molecular weight is 1990 g/mol. The predicted molar refractivity (Wildman–Crippen MR) is 214 cm³/mol. The van der Waals surface area contributed by atoms with Gasteiger partial charge in [0.2, 0.25) is 23.5 Å². The SMILES string of the molecule is COc1ncnnc1C.COc1ncnnc1C.COc1ncnnc1C=O.COc1ncnnc1CO.[CH2-]I.[CH2-]I.[CH3-].[I][V]([I])[I].[W].[W].[W].[W]. The number of aldehydes is 1. The summed E-state index contributed by atoms with van der Waals surface area (Å²) in [7, 11) is 5.98. The summed E-state index contributed by atoms with van der Waals surface area (Å²) in [5.74, 6) is 1.58. The molecule has 0 aliphatic rings. The maximum absolute atomic E-state index is 10.2. The number of hydrogen-bond acceptors (Lipinski definition) is 18. The van der Waals surface area contributed by atoms with Gasteiger partial charge in [0.25, 0.3) is 0 Å². The fourth-order valence-corrected chi connectivity index (χ4v) is 2.12. The number of aromatic nitrogens is 12. The first kappa shape index (κ1) is 70.6. The van der Waals surface area contributed by atoms with Gasteiger partial charge in [0.15, 0.2) is 17.7 Å². The first-order valence-corrected chi connectivity index (χ1v) is 27.9. The maximum Gasteiger partial charge on any atom is 0 e. The number of carbonyl (C=O) groups is 1. The van der Waals surface area contributed by atoms with E-state index in [-0.39, 0.29) is 115 Å². The van der Waals surface area contributed by atoms with Crippen LogP contribution < -0.4 is 18.9 Å². The fourth-order valence-electron chi connectivity index (χ4n) is 2.12. The molecule has 288 valence electrons. The van der Waals surface area contributed by atoms with Crippen molar-refractivity contribution in [1.82, 2.24) is 60.7 Å². The quantitative estimate of drug-likeness (QED) is 0.153. The normalized spacial score (nSPS) is 7.75. The smallest absolute Gasteiger partial charge is 0 e. The summed E-state index contributed by atoms with van der Waals surface area (Å²) < 4.78 is 19.1. The first-order chi connectivity index (χ1) is 22.2. The zero-order chi connectivity index (χ0) is 35.8. The van der Waals surface area contributed by atoms with Gasteiger partial charge in [-0.15, -0.1) is 40.8 Å². The van der Waals surface area contributed by atoms with E-state index in [0.29, 0.717) is 41.0 Å². The number of methoxy groups -OCH3 is 4. The summed E-state index contributed by atoms with van der Waals surface area (Å²) in [6.45, 7) is 3.38. The molecule has 0 fully saturated rings. The van der Waals surface area contributed by atoms with Crippen molar-refractivity contribution in [2.24, 2.45) is 0 Å². The number of ether oxygens (including phenoxy) is 4. The molecule has 0 saturated carbocycles. The van der Waals surface area contributed by atoms with Crippen LogP contribution in [0.25, 0.3) is 0 Å². The van der Waals surface area contributed by atoms with Gasteiger partial charge in [-0.25, -0.2) is 0 Å². The number of hydrogen-bond donors (Lipinski definition) is 1. The molecule has 0 aromatic carbocycles. The molecule has 0 aliphatic heterocycles. The van der Waals surface area contributed by atoms with Crippen LogP contribution in [0.15, 0.2) is 25.3 Å². The molecular weight excluding hydrogens is 1960 g/mol. The van der Waals surface area contributed by atoms with Crippen LogP contribution in [0.5, 0.6) is 23.5 Å². The molecule has 0 saturated heterocycles. The Hall–Kier alpha value is 1.86. The van der Waals surface area contributed by atoms with Crippen LogP contribution in [0.3, 0.4) is 0 Å². The summed E-state index contributed by atoms with van der Waals surface area (Å²) in [6.07, 6.45) is 5.72. The van der Waals surface area contributed by atoms with Gasteiger partial charge in [0, 0.05) is 84.3 Å². The number of aliphatic hydroxyl groups is 1. The van der Waals surface area contributed by atoms with Crippen molar-refractivity contribution in [2.45, 2.75) is 20.5 Å². The molecular formula is C23H33I5N12O6VW4-3. The van der Waals surface area contributed by atoms with Crippen LogP contribution in [-0.2, 0) is 95.8 Å². The van der Waals surface area contributed by atoms with Gasteiger partial charge in [0.1, 0.15) is 36.7 Å². The standard InChI is InChI=1S/C5H7N3O2.C5H5N3O2.2C5H7N3O.2CH2I.CH3.3HI.V.4W/c2*1-10-5-4(2-9)8-7-3-6-5;2*1-4-5(9-2)6-3-7-8-4;2*1-2;;;;;;;;;/h3,9H,2H2,1H3;2-3H,1H3;2*3H,1-2H3;2*1H2;1H3;3*1H;;;;;/q;;;;3*-1;;;;+3;;;;/p-3. The van der Waals surface area contributed by atoms with Crippen LogP contribution in [0.1, 0.15) is 27.6 Å². The van der Waals surface area contributed by atoms with E-state index >= 15 is 0 Å². The molecule has 0 unspecified atom stereocenters. The van der Waals surface area contributed by atoms with Crippen LogP contribution in [0, 0.1) is 31.1 Å². The first-order valence-electron chi connectivity index (χ1n) is 11.3. The third kappa shape index (κ3) is 38.5. The van der Waals surface area contributed by atoms with Gasteiger partial charge in [-0.05, 0) is 13.8 Å². The molecule has 0 spiro atoms. The van der Waals surface area contributed by atoms with Gasteiger partial charge >= 0.3 is 64.9 Å².